The van der Waals surface area contributed by atoms with Gasteiger partial charge in [0.25, 0.3) is 0 Å². The van der Waals surface area contributed by atoms with Gasteiger partial charge in [-0.15, -0.1) is 0 Å². The topological polar surface area (TPSA) is 61.8 Å². The van der Waals surface area contributed by atoms with Gasteiger partial charge in [-0.2, -0.15) is 0 Å². The van der Waals surface area contributed by atoms with Crippen LogP contribution in [0.3, 0.4) is 0 Å². The van der Waals surface area contributed by atoms with Crippen molar-refractivity contribution in [3.05, 3.63) is 77.5 Å². The quantitative estimate of drug-likeness (QED) is 0.469. The van der Waals surface area contributed by atoms with E-state index in [9.17, 15) is 9.18 Å². The SMILES string of the molecule is Cc1cccc(F)c1N1CCC(N2Cc3ccccc3N(Cc3nccnc3OC(C)C)C2=O)CC1. The van der Waals surface area contributed by atoms with E-state index in [2.05, 4.69) is 20.9 Å². The van der Waals surface area contributed by atoms with Gasteiger partial charge in [-0.25, -0.2) is 14.2 Å². The van der Waals surface area contributed by atoms with Crippen molar-refractivity contribution in [2.75, 3.05) is 22.9 Å². The summed E-state index contributed by atoms with van der Waals surface area (Å²) in [6.07, 6.45) is 4.74. The van der Waals surface area contributed by atoms with Crippen LogP contribution in [0.25, 0.3) is 0 Å². The Morgan fingerprint density at radius 1 is 1.06 bits per heavy atom. The largest absolute Gasteiger partial charge is 0.474 e. The molecule has 1 fully saturated rings. The van der Waals surface area contributed by atoms with E-state index in [0.29, 0.717) is 36.9 Å². The van der Waals surface area contributed by atoms with E-state index in [1.165, 1.54) is 6.07 Å². The van der Waals surface area contributed by atoms with Crippen LogP contribution in [0.5, 0.6) is 5.88 Å². The lowest BCUT2D eigenvalue weighted by Gasteiger charge is -2.44. The lowest BCUT2D eigenvalue weighted by atomic mass is 9.99. The van der Waals surface area contributed by atoms with E-state index in [0.717, 1.165) is 29.7 Å². The van der Waals surface area contributed by atoms with Gasteiger partial charge in [0, 0.05) is 38.1 Å². The number of halogens is 1. The summed E-state index contributed by atoms with van der Waals surface area (Å²) in [7, 11) is 0. The number of carbonyl (C=O) groups is 1. The predicted molar refractivity (Wildman–Crippen MR) is 138 cm³/mol. The molecule has 3 heterocycles. The highest BCUT2D eigenvalue weighted by Crippen LogP contribution is 2.35. The molecule has 0 saturated carbocycles. The Morgan fingerprint density at radius 3 is 2.56 bits per heavy atom. The first-order valence-corrected chi connectivity index (χ1v) is 12.5. The molecule has 0 spiro atoms. The molecular formula is C28H32FN5O2. The molecule has 0 unspecified atom stereocenters. The maximum Gasteiger partial charge on any atom is 0.325 e. The Bertz CT molecular complexity index is 1220. The number of aryl methyl sites for hydroxylation is 1. The molecule has 2 amide bonds. The smallest absolute Gasteiger partial charge is 0.325 e. The molecule has 1 aromatic heterocycles. The first kappa shape index (κ1) is 24.0. The molecule has 2 aliphatic rings. The Kier molecular flexibility index (Phi) is 6.76. The average molecular weight is 490 g/mol. The first-order valence-electron chi connectivity index (χ1n) is 12.5. The molecule has 5 rings (SSSR count). The summed E-state index contributed by atoms with van der Waals surface area (Å²) in [5.41, 5.74) is 4.22. The number of hydrogen-bond acceptors (Lipinski definition) is 5. The summed E-state index contributed by atoms with van der Waals surface area (Å²) in [4.78, 5) is 28.6. The highest BCUT2D eigenvalue weighted by Gasteiger charge is 2.37. The molecule has 1 saturated heterocycles. The van der Waals surface area contributed by atoms with Crippen LogP contribution < -0.4 is 14.5 Å². The normalized spacial score (nSPS) is 16.5. The molecule has 188 valence electrons. The number of nitrogens with zero attached hydrogens (tertiary/aromatic N) is 5. The second-order valence-electron chi connectivity index (χ2n) is 9.72. The fourth-order valence-corrected chi connectivity index (χ4v) is 5.21. The molecule has 7 nitrogen and oxygen atoms in total. The summed E-state index contributed by atoms with van der Waals surface area (Å²) < 4.78 is 20.4. The fourth-order valence-electron chi connectivity index (χ4n) is 5.21. The zero-order chi connectivity index (χ0) is 25.2. The van der Waals surface area contributed by atoms with E-state index >= 15 is 0 Å². The van der Waals surface area contributed by atoms with Crippen LogP contribution in [0.4, 0.5) is 20.6 Å². The Morgan fingerprint density at radius 2 is 1.81 bits per heavy atom. The van der Waals surface area contributed by atoms with Gasteiger partial charge in [-0.05, 0) is 56.9 Å². The molecule has 0 N–H and O–H groups in total. The van der Waals surface area contributed by atoms with Crippen molar-refractivity contribution < 1.29 is 13.9 Å². The Balaban J connectivity index is 1.37. The number of piperidine rings is 1. The number of para-hydroxylation sites is 2. The van der Waals surface area contributed by atoms with Crippen LogP contribution in [-0.2, 0) is 13.1 Å². The number of urea groups is 1. The number of carbonyl (C=O) groups excluding carboxylic acids is 1. The molecule has 8 heteroatoms. The number of rotatable bonds is 6. The first-order chi connectivity index (χ1) is 17.4. The van der Waals surface area contributed by atoms with Crippen LogP contribution in [0.2, 0.25) is 0 Å². The molecule has 0 bridgehead atoms. The minimum atomic E-state index is -0.189. The highest BCUT2D eigenvalue weighted by atomic mass is 19.1. The number of hydrogen-bond donors (Lipinski definition) is 0. The predicted octanol–water partition coefficient (Wildman–Crippen LogP) is 5.32. The monoisotopic (exact) mass is 489 g/mol. The standard InChI is InChI=1S/C28H32FN5O2/c1-19(2)36-27-24(30-13-14-31-27)18-34-25-10-5-4-8-21(25)17-33(28(34)35)22-11-15-32(16-12-22)26-20(3)7-6-9-23(26)29/h4-10,13-14,19,22H,11-12,15-18H2,1-3H3. The molecule has 3 aromatic rings. The van der Waals surface area contributed by atoms with Crippen molar-refractivity contribution in [3.8, 4) is 5.88 Å². The number of fused-ring (bicyclic) bond motifs is 1. The number of ether oxygens (including phenoxy) is 1. The maximum absolute atomic E-state index is 14.6. The number of aromatic nitrogens is 2. The molecule has 0 atom stereocenters. The van der Waals surface area contributed by atoms with Gasteiger partial charge in [0.15, 0.2) is 0 Å². The Hall–Kier alpha value is -3.68. The van der Waals surface area contributed by atoms with E-state index in [1.807, 2.05) is 49.9 Å². The third-order valence-corrected chi connectivity index (χ3v) is 6.90. The number of amides is 2. The van der Waals surface area contributed by atoms with Crippen molar-refractivity contribution in [3.63, 3.8) is 0 Å². The molecule has 0 aliphatic carbocycles. The van der Waals surface area contributed by atoms with Crippen LogP contribution in [0.15, 0.2) is 54.9 Å². The molecule has 0 radical (unpaired) electrons. The highest BCUT2D eigenvalue weighted by molar-refractivity contribution is 5.95. The van der Waals surface area contributed by atoms with Gasteiger partial charge >= 0.3 is 6.03 Å². The van der Waals surface area contributed by atoms with Crippen LogP contribution >= 0.6 is 0 Å². The van der Waals surface area contributed by atoms with Gasteiger partial charge in [0.05, 0.1) is 24.0 Å². The van der Waals surface area contributed by atoms with Gasteiger partial charge < -0.3 is 14.5 Å². The van der Waals surface area contributed by atoms with Gasteiger partial charge in [0.2, 0.25) is 5.88 Å². The van der Waals surface area contributed by atoms with E-state index in [4.69, 9.17) is 4.74 Å². The van der Waals surface area contributed by atoms with Crippen molar-refractivity contribution in [2.45, 2.75) is 58.8 Å². The van der Waals surface area contributed by atoms with Gasteiger partial charge in [-0.3, -0.25) is 9.88 Å². The number of anilines is 2. The van der Waals surface area contributed by atoms with Crippen molar-refractivity contribution >= 4 is 17.4 Å². The fraction of sp³-hybridized carbons (Fsp3) is 0.393. The maximum atomic E-state index is 14.6. The Labute approximate surface area is 211 Å². The summed E-state index contributed by atoms with van der Waals surface area (Å²) in [6.45, 7) is 8.06. The second kappa shape index (κ2) is 10.1. The lowest BCUT2D eigenvalue weighted by Crippen LogP contribution is -2.54. The minimum absolute atomic E-state index is 0.0460. The summed E-state index contributed by atoms with van der Waals surface area (Å²) >= 11 is 0. The minimum Gasteiger partial charge on any atom is -0.474 e. The zero-order valence-corrected chi connectivity index (χ0v) is 21.0. The van der Waals surface area contributed by atoms with Gasteiger partial charge in [0.1, 0.15) is 11.5 Å². The average Bonchev–Trinajstić information content (AvgIpc) is 2.87. The summed E-state index contributed by atoms with van der Waals surface area (Å²) in [5, 5.41) is 0. The van der Waals surface area contributed by atoms with E-state index in [1.54, 1.807) is 23.4 Å². The lowest BCUT2D eigenvalue weighted by molar-refractivity contribution is 0.159. The molecule has 2 aliphatic heterocycles. The summed E-state index contributed by atoms with van der Waals surface area (Å²) in [6, 6.07) is 13.2. The molecular weight excluding hydrogens is 457 g/mol. The summed E-state index contributed by atoms with van der Waals surface area (Å²) in [5.74, 6) is 0.259. The van der Waals surface area contributed by atoms with Gasteiger partial charge in [-0.1, -0.05) is 30.3 Å². The second-order valence-corrected chi connectivity index (χ2v) is 9.72. The molecule has 2 aromatic carbocycles. The third-order valence-electron chi connectivity index (χ3n) is 6.90. The van der Waals surface area contributed by atoms with E-state index in [-0.39, 0.29) is 30.5 Å². The van der Waals surface area contributed by atoms with E-state index < -0.39 is 0 Å². The van der Waals surface area contributed by atoms with Crippen LogP contribution in [0.1, 0.15) is 43.5 Å². The van der Waals surface area contributed by atoms with Crippen molar-refractivity contribution in [2.24, 2.45) is 0 Å². The zero-order valence-electron chi connectivity index (χ0n) is 21.0. The number of benzene rings is 2. The van der Waals surface area contributed by atoms with Crippen molar-refractivity contribution in [1.29, 1.82) is 0 Å². The third kappa shape index (κ3) is 4.72. The van der Waals surface area contributed by atoms with Crippen molar-refractivity contribution in [1.82, 2.24) is 14.9 Å². The van der Waals surface area contributed by atoms with Crippen LogP contribution in [0, 0.1) is 12.7 Å². The molecule has 36 heavy (non-hydrogen) atoms. The van der Waals surface area contributed by atoms with Crippen LogP contribution in [-0.4, -0.2) is 46.1 Å².